The number of amides is 1. The molecule has 1 unspecified atom stereocenters. The summed E-state index contributed by atoms with van der Waals surface area (Å²) in [6, 6.07) is 6.45. The van der Waals surface area contributed by atoms with Gasteiger partial charge in [0.25, 0.3) is 5.91 Å². The van der Waals surface area contributed by atoms with Crippen molar-refractivity contribution >= 4 is 15.9 Å². The van der Waals surface area contributed by atoms with Crippen molar-refractivity contribution < 1.29 is 13.2 Å². The summed E-state index contributed by atoms with van der Waals surface area (Å²) >= 11 is 0. The van der Waals surface area contributed by atoms with Crippen LogP contribution in [0, 0.1) is 0 Å². The topological polar surface area (TPSA) is 78.5 Å². The van der Waals surface area contributed by atoms with E-state index in [2.05, 4.69) is 10.6 Å². The maximum Gasteiger partial charge on any atom is 0.251 e. The highest BCUT2D eigenvalue weighted by Crippen LogP contribution is 2.21. The quantitative estimate of drug-likeness (QED) is 0.814. The molecule has 0 bridgehead atoms. The molecule has 1 aliphatic rings. The number of rotatable bonds is 6. The van der Waals surface area contributed by atoms with Crippen LogP contribution in [0.2, 0.25) is 0 Å². The van der Waals surface area contributed by atoms with Crippen molar-refractivity contribution in [1.82, 2.24) is 14.9 Å². The molecule has 0 saturated carbocycles. The third-order valence-electron chi connectivity index (χ3n) is 4.36. The molecule has 0 aliphatic carbocycles. The zero-order valence-corrected chi connectivity index (χ0v) is 15.2. The number of hydrogen-bond acceptors (Lipinski definition) is 4. The number of nitrogens with zero attached hydrogens (tertiary/aromatic N) is 1. The molecular formula is C17H27N3O3S. The number of carbonyl (C=O) groups excluding carboxylic acids is 1. The first-order valence-electron chi connectivity index (χ1n) is 8.51. The molecule has 1 aromatic rings. The lowest BCUT2D eigenvalue weighted by Gasteiger charge is -2.20. The fraction of sp³-hybridized carbons (Fsp3) is 0.588. The molecule has 2 rings (SSSR count). The summed E-state index contributed by atoms with van der Waals surface area (Å²) in [7, 11) is -1.71. The summed E-state index contributed by atoms with van der Waals surface area (Å²) < 4.78 is 27.2. The van der Waals surface area contributed by atoms with Crippen molar-refractivity contribution in [3.63, 3.8) is 0 Å². The fourth-order valence-electron chi connectivity index (χ4n) is 2.68. The first-order chi connectivity index (χ1) is 11.4. The molecule has 1 amide bonds. The van der Waals surface area contributed by atoms with E-state index < -0.39 is 10.0 Å². The second-order valence-electron chi connectivity index (χ2n) is 6.25. The molecule has 24 heavy (non-hydrogen) atoms. The number of benzene rings is 1. The average Bonchev–Trinajstić information content (AvgIpc) is 2.89. The van der Waals surface area contributed by atoms with E-state index in [4.69, 9.17) is 0 Å². The highest BCUT2D eigenvalue weighted by atomic mass is 32.2. The van der Waals surface area contributed by atoms with E-state index in [1.165, 1.54) is 6.07 Å². The molecular weight excluding hydrogens is 326 g/mol. The Bertz CT molecular complexity index is 653. The molecule has 7 heteroatoms. The van der Waals surface area contributed by atoms with E-state index >= 15 is 0 Å². The first kappa shape index (κ1) is 18.9. The van der Waals surface area contributed by atoms with Crippen LogP contribution < -0.4 is 10.6 Å². The Morgan fingerprint density at radius 3 is 2.50 bits per heavy atom. The summed E-state index contributed by atoms with van der Waals surface area (Å²) in [5.41, 5.74) is 0.370. The highest BCUT2D eigenvalue weighted by molar-refractivity contribution is 7.89. The van der Waals surface area contributed by atoms with Gasteiger partial charge in [0.05, 0.1) is 4.90 Å². The number of carbonyl (C=O) groups is 1. The molecule has 1 atom stereocenters. The van der Waals surface area contributed by atoms with Gasteiger partial charge in [-0.3, -0.25) is 4.79 Å². The molecule has 1 aliphatic heterocycles. The van der Waals surface area contributed by atoms with Crippen molar-refractivity contribution in [1.29, 1.82) is 0 Å². The highest BCUT2D eigenvalue weighted by Gasteiger charge is 2.25. The van der Waals surface area contributed by atoms with Gasteiger partial charge in [0.1, 0.15) is 0 Å². The Morgan fingerprint density at radius 2 is 1.88 bits per heavy atom. The maximum atomic E-state index is 12.8. The van der Waals surface area contributed by atoms with Crippen LogP contribution in [-0.2, 0) is 10.0 Å². The second-order valence-corrected chi connectivity index (χ2v) is 8.18. The van der Waals surface area contributed by atoms with Crippen molar-refractivity contribution in [2.24, 2.45) is 0 Å². The number of likely N-dealkylation sites (N-methyl/N-ethyl adjacent to an activating group) is 1. The van der Waals surface area contributed by atoms with Gasteiger partial charge >= 0.3 is 0 Å². The molecule has 134 valence electrons. The molecule has 1 aromatic carbocycles. The summed E-state index contributed by atoms with van der Waals surface area (Å²) in [6.07, 6.45) is 3.92. The zero-order valence-electron chi connectivity index (χ0n) is 14.4. The summed E-state index contributed by atoms with van der Waals surface area (Å²) in [5, 5.41) is 5.85. The van der Waals surface area contributed by atoms with Crippen molar-refractivity contribution in [2.75, 3.05) is 26.7 Å². The van der Waals surface area contributed by atoms with Crippen LogP contribution in [0.3, 0.4) is 0 Å². The van der Waals surface area contributed by atoms with Gasteiger partial charge in [-0.05, 0) is 45.0 Å². The monoisotopic (exact) mass is 353 g/mol. The minimum absolute atomic E-state index is 0.151. The first-order valence-corrected chi connectivity index (χ1v) is 9.95. The minimum Gasteiger partial charge on any atom is -0.350 e. The lowest BCUT2D eigenvalue weighted by Crippen LogP contribution is -2.37. The third kappa shape index (κ3) is 4.78. The van der Waals surface area contributed by atoms with Gasteiger partial charge in [-0.2, -0.15) is 4.31 Å². The van der Waals surface area contributed by atoms with Crippen molar-refractivity contribution in [3.05, 3.63) is 29.8 Å². The molecule has 1 saturated heterocycles. The van der Waals surface area contributed by atoms with Crippen LogP contribution in [0.4, 0.5) is 0 Å². The number of sulfonamides is 1. The van der Waals surface area contributed by atoms with E-state index in [0.717, 1.165) is 25.7 Å². The van der Waals surface area contributed by atoms with E-state index in [-0.39, 0.29) is 16.8 Å². The Hall–Kier alpha value is -1.44. The van der Waals surface area contributed by atoms with Crippen molar-refractivity contribution in [2.45, 2.75) is 43.5 Å². The van der Waals surface area contributed by atoms with Crippen LogP contribution in [0.25, 0.3) is 0 Å². The van der Waals surface area contributed by atoms with Crippen LogP contribution >= 0.6 is 0 Å². The second kappa shape index (κ2) is 8.60. The smallest absolute Gasteiger partial charge is 0.251 e. The maximum absolute atomic E-state index is 12.8. The largest absolute Gasteiger partial charge is 0.350 e. The Kier molecular flexibility index (Phi) is 6.77. The zero-order chi connectivity index (χ0) is 17.6. The third-order valence-corrected chi connectivity index (χ3v) is 6.26. The van der Waals surface area contributed by atoms with Crippen LogP contribution in [0.1, 0.15) is 43.0 Å². The molecule has 6 nitrogen and oxygen atoms in total. The van der Waals surface area contributed by atoms with Gasteiger partial charge < -0.3 is 10.6 Å². The lowest BCUT2D eigenvalue weighted by atomic mass is 10.2. The van der Waals surface area contributed by atoms with Gasteiger partial charge in [-0.15, -0.1) is 0 Å². The minimum atomic E-state index is -3.54. The van der Waals surface area contributed by atoms with Gasteiger partial charge in [-0.1, -0.05) is 18.9 Å². The normalized spacial score (nSPS) is 17.9. The van der Waals surface area contributed by atoms with E-state index in [1.54, 1.807) is 22.5 Å². The van der Waals surface area contributed by atoms with Gasteiger partial charge in [0.2, 0.25) is 10.0 Å². The van der Waals surface area contributed by atoms with Crippen LogP contribution in [0.5, 0.6) is 0 Å². The Morgan fingerprint density at radius 1 is 1.21 bits per heavy atom. The molecule has 0 spiro atoms. The molecule has 1 fully saturated rings. The Balaban J connectivity index is 2.15. The summed E-state index contributed by atoms with van der Waals surface area (Å²) in [6.45, 7) is 3.55. The number of nitrogens with one attached hydrogen (secondary N) is 2. The molecule has 0 radical (unpaired) electrons. The summed E-state index contributed by atoms with van der Waals surface area (Å²) in [5.74, 6) is -0.259. The van der Waals surface area contributed by atoms with Gasteiger partial charge in [-0.25, -0.2) is 8.42 Å². The van der Waals surface area contributed by atoms with E-state index in [0.29, 0.717) is 25.2 Å². The average molecular weight is 353 g/mol. The SMILES string of the molecule is CNC(C)CNC(=O)c1cccc(S(=O)(=O)N2CCCCCC2)c1. The Labute approximate surface area is 144 Å². The number of hydrogen-bond donors (Lipinski definition) is 2. The molecule has 1 heterocycles. The van der Waals surface area contributed by atoms with E-state index in [1.807, 2.05) is 14.0 Å². The van der Waals surface area contributed by atoms with Crippen LogP contribution in [0.15, 0.2) is 29.2 Å². The standard InChI is InChI=1S/C17H27N3O3S/c1-14(18-2)13-19-17(21)15-8-7-9-16(12-15)24(22,23)20-10-5-3-4-6-11-20/h7-9,12,14,18H,3-6,10-11,13H2,1-2H3,(H,19,21). The lowest BCUT2D eigenvalue weighted by molar-refractivity contribution is 0.0950. The van der Waals surface area contributed by atoms with E-state index in [9.17, 15) is 13.2 Å². The molecule has 0 aromatic heterocycles. The molecule has 2 N–H and O–H groups in total. The van der Waals surface area contributed by atoms with Crippen molar-refractivity contribution in [3.8, 4) is 0 Å². The fourth-order valence-corrected chi connectivity index (χ4v) is 4.24. The summed E-state index contributed by atoms with van der Waals surface area (Å²) in [4.78, 5) is 12.4. The van der Waals surface area contributed by atoms with Crippen LogP contribution in [-0.4, -0.2) is 51.4 Å². The predicted octanol–water partition coefficient (Wildman–Crippen LogP) is 1.59. The predicted molar refractivity (Wildman–Crippen MR) is 94.5 cm³/mol. The van der Waals surface area contributed by atoms with Gasteiger partial charge in [0, 0.05) is 31.2 Å². The van der Waals surface area contributed by atoms with Gasteiger partial charge in [0.15, 0.2) is 0 Å².